The van der Waals surface area contributed by atoms with E-state index in [2.05, 4.69) is 5.32 Å². The number of nitrogens with one attached hydrogen (secondary N) is 1. The van der Waals surface area contributed by atoms with Gasteiger partial charge in [-0.2, -0.15) is 11.8 Å². The molecular weight excluding hydrogens is 254 g/mol. The van der Waals surface area contributed by atoms with Crippen molar-refractivity contribution in [3.8, 4) is 0 Å². The molecule has 1 aliphatic rings. The van der Waals surface area contributed by atoms with Crippen molar-refractivity contribution < 1.29 is 9.59 Å². The summed E-state index contributed by atoms with van der Waals surface area (Å²) in [5.41, 5.74) is 1.28. The molecule has 1 aliphatic heterocycles. The van der Waals surface area contributed by atoms with Crippen LogP contribution < -0.4 is 5.32 Å². The highest BCUT2D eigenvalue weighted by molar-refractivity contribution is 7.98. The van der Waals surface area contributed by atoms with Crippen LogP contribution in [0, 0.1) is 0 Å². The Balaban J connectivity index is 2.09. The average Bonchev–Trinajstić information content (AvgIpc) is 2.72. The molecule has 2 rings (SSSR count). The summed E-state index contributed by atoms with van der Waals surface area (Å²) in [5, 5.41) is 2.72. The van der Waals surface area contributed by atoms with Crippen molar-refractivity contribution in [3.05, 3.63) is 21.4 Å². The molecule has 0 radical (unpaired) electrons. The van der Waals surface area contributed by atoms with Gasteiger partial charge in [0.15, 0.2) is 5.78 Å². The van der Waals surface area contributed by atoms with E-state index < -0.39 is 6.04 Å². The minimum atomic E-state index is -0.406. The van der Waals surface area contributed by atoms with Crippen LogP contribution in [0.2, 0.25) is 0 Å². The summed E-state index contributed by atoms with van der Waals surface area (Å²) in [4.78, 5) is 25.1. The number of thiophene rings is 1. The topological polar surface area (TPSA) is 46.2 Å². The second-order valence-electron chi connectivity index (χ2n) is 4.17. The van der Waals surface area contributed by atoms with Crippen molar-refractivity contribution in [2.75, 3.05) is 5.75 Å². The molecule has 1 aromatic rings. The van der Waals surface area contributed by atoms with Crippen LogP contribution in [-0.4, -0.2) is 23.5 Å². The van der Waals surface area contributed by atoms with Crippen LogP contribution in [0.15, 0.2) is 6.07 Å². The van der Waals surface area contributed by atoms with Crippen LogP contribution in [-0.2, 0) is 17.0 Å². The molecule has 0 bridgehead atoms. The number of carbonyl (C=O) groups excluding carboxylic acids is 2. The lowest BCUT2D eigenvalue weighted by Crippen LogP contribution is -2.36. The maximum absolute atomic E-state index is 11.9. The van der Waals surface area contributed by atoms with Crippen LogP contribution in [0.1, 0.15) is 34.0 Å². The third-order valence-corrected chi connectivity index (χ3v) is 5.05. The molecule has 0 saturated heterocycles. The van der Waals surface area contributed by atoms with Crippen LogP contribution in [0.3, 0.4) is 0 Å². The Bertz CT molecular complexity index is 430. The van der Waals surface area contributed by atoms with Gasteiger partial charge in [0.05, 0.1) is 10.9 Å². The second-order valence-corrected chi connectivity index (χ2v) is 6.41. The van der Waals surface area contributed by atoms with Crippen LogP contribution in [0.4, 0.5) is 0 Å². The van der Waals surface area contributed by atoms with E-state index in [1.807, 2.05) is 17.8 Å². The number of amides is 1. The summed E-state index contributed by atoms with van der Waals surface area (Å²) >= 11 is 3.46. The summed E-state index contributed by atoms with van der Waals surface area (Å²) in [6, 6.07) is 1.56. The summed E-state index contributed by atoms with van der Waals surface area (Å²) in [7, 11) is 0. The molecule has 1 atom stereocenters. The SMILES string of the molecule is CC(=O)C(C)NC(=O)c1cc2c(s1)CCSC2. The standard InChI is InChI=1S/C12H15NO2S2/c1-7(8(2)14)13-12(15)11-5-9-6-16-4-3-10(9)17-11/h5,7H,3-4,6H2,1-2H3,(H,13,15). The van der Waals surface area contributed by atoms with Gasteiger partial charge < -0.3 is 5.32 Å². The number of fused-ring (bicyclic) bond motifs is 1. The van der Waals surface area contributed by atoms with Crippen LogP contribution in [0.25, 0.3) is 0 Å². The highest BCUT2D eigenvalue weighted by Gasteiger charge is 2.19. The number of aryl methyl sites for hydroxylation is 1. The zero-order chi connectivity index (χ0) is 12.4. The Labute approximate surface area is 109 Å². The van der Waals surface area contributed by atoms with Crippen molar-refractivity contribution >= 4 is 34.8 Å². The zero-order valence-corrected chi connectivity index (χ0v) is 11.5. The molecule has 0 aromatic carbocycles. The highest BCUT2D eigenvalue weighted by Crippen LogP contribution is 2.31. The number of Topliss-reactive ketones (excluding diaryl/α,β-unsaturated/α-hetero) is 1. The predicted molar refractivity (Wildman–Crippen MR) is 71.8 cm³/mol. The first-order chi connectivity index (χ1) is 8.08. The van der Waals surface area contributed by atoms with Gasteiger partial charge in [0.1, 0.15) is 0 Å². The predicted octanol–water partition coefficient (Wildman–Crippen LogP) is 2.24. The molecule has 1 amide bonds. The van der Waals surface area contributed by atoms with Gasteiger partial charge in [-0.05, 0) is 37.7 Å². The molecule has 2 heterocycles. The fourth-order valence-corrected chi connectivity index (χ4v) is 3.90. The van der Waals surface area contributed by atoms with Gasteiger partial charge >= 0.3 is 0 Å². The van der Waals surface area contributed by atoms with Gasteiger partial charge in [-0.15, -0.1) is 11.3 Å². The first-order valence-corrected chi connectivity index (χ1v) is 7.55. The Hall–Kier alpha value is -0.810. The Kier molecular flexibility index (Phi) is 3.89. The molecule has 1 aromatic heterocycles. The third-order valence-electron chi connectivity index (χ3n) is 2.81. The maximum atomic E-state index is 11.9. The van der Waals surface area contributed by atoms with Gasteiger partial charge in [-0.1, -0.05) is 0 Å². The van der Waals surface area contributed by atoms with Crippen LogP contribution >= 0.6 is 23.1 Å². The first-order valence-electron chi connectivity index (χ1n) is 5.58. The molecular formula is C12H15NO2S2. The molecule has 0 aliphatic carbocycles. The van der Waals surface area contributed by atoms with Gasteiger partial charge in [0.2, 0.25) is 0 Å². The number of ketones is 1. The van der Waals surface area contributed by atoms with Crippen molar-refractivity contribution in [2.45, 2.75) is 32.1 Å². The summed E-state index contributed by atoms with van der Waals surface area (Å²) in [6.07, 6.45) is 1.06. The van der Waals surface area contributed by atoms with Crippen molar-refractivity contribution in [3.63, 3.8) is 0 Å². The maximum Gasteiger partial charge on any atom is 0.261 e. The molecule has 1 N–H and O–H groups in total. The monoisotopic (exact) mass is 269 g/mol. The molecule has 92 valence electrons. The molecule has 17 heavy (non-hydrogen) atoms. The number of hydrogen-bond donors (Lipinski definition) is 1. The van der Waals surface area contributed by atoms with E-state index in [0.29, 0.717) is 0 Å². The Morgan fingerprint density at radius 3 is 2.88 bits per heavy atom. The largest absolute Gasteiger partial charge is 0.342 e. The molecule has 0 fully saturated rings. The fraction of sp³-hybridized carbons (Fsp3) is 0.500. The molecule has 0 spiro atoms. The van der Waals surface area contributed by atoms with E-state index in [1.54, 1.807) is 18.3 Å². The molecule has 5 heteroatoms. The smallest absolute Gasteiger partial charge is 0.261 e. The number of hydrogen-bond acceptors (Lipinski definition) is 4. The average molecular weight is 269 g/mol. The normalized spacial score (nSPS) is 16.1. The lowest BCUT2D eigenvalue weighted by atomic mass is 10.2. The number of carbonyl (C=O) groups is 2. The summed E-state index contributed by atoms with van der Waals surface area (Å²) < 4.78 is 0. The minimum absolute atomic E-state index is 0.0183. The van der Waals surface area contributed by atoms with Crippen molar-refractivity contribution in [2.24, 2.45) is 0 Å². The van der Waals surface area contributed by atoms with E-state index in [4.69, 9.17) is 0 Å². The molecule has 3 nitrogen and oxygen atoms in total. The van der Waals surface area contributed by atoms with Gasteiger partial charge in [0.25, 0.3) is 5.91 Å². The van der Waals surface area contributed by atoms with Gasteiger partial charge in [0, 0.05) is 10.6 Å². The van der Waals surface area contributed by atoms with E-state index in [0.717, 1.165) is 22.8 Å². The third kappa shape index (κ3) is 2.90. The Morgan fingerprint density at radius 2 is 2.24 bits per heavy atom. The quantitative estimate of drug-likeness (QED) is 0.915. The van der Waals surface area contributed by atoms with E-state index in [-0.39, 0.29) is 11.7 Å². The van der Waals surface area contributed by atoms with Gasteiger partial charge in [-0.3, -0.25) is 9.59 Å². The first kappa shape index (κ1) is 12.6. The van der Waals surface area contributed by atoms with E-state index in [9.17, 15) is 9.59 Å². The summed E-state index contributed by atoms with van der Waals surface area (Å²) in [6.45, 7) is 3.20. The van der Waals surface area contributed by atoms with E-state index >= 15 is 0 Å². The highest BCUT2D eigenvalue weighted by atomic mass is 32.2. The molecule has 1 unspecified atom stereocenters. The Morgan fingerprint density at radius 1 is 1.47 bits per heavy atom. The minimum Gasteiger partial charge on any atom is -0.342 e. The zero-order valence-electron chi connectivity index (χ0n) is 9.91. The van der Waals surface area contributed by atoms with E-state index in [1.165, 1.54) is 17.4 Å². The lowest BCUT2D eigenvalue weighted by Gasteiger charge is -2.08. The van der Waals surface area contributed by atoms with Crippen LogP contribution in [0.5, 0.6) is 0 Å². The van der Waals surface area contributed by atoms with Crippen molar-refractivity contribution in [1.29, 1.82) is 0 Å². The van der Waals surface area contributed by atoms with Gasteiger partial charge in [-0.25, -0.2) is 0 Å². The summed E-state index contributed by atoms with van der Waals surface area (Å²) in [5.74, 6) is 1.99. The fourth-order valence-electron chi connectivity index (χ4n) is 1.63. The van der Waals surface area contributed by atoms with Crippen molar-refractivity contribution in [1.82, 2.24) is 5.32 Å². The number of thioether (sulfide) groups is 1. The molecule has 0 saturated carbocycles. The number of rotatable bonds is 3. The lowest BCUT2D eigenvalue weighted by molar-refractivity contribution is -0.118. The second kappa shape index (κ2) is 5.23.